The molecule has 2 aromatic rings. The number of methoxy groups -OCH3 is 1. The molecule has 0 aliphatic rings. The minimum atomic E-state index is -0.391. The molecular formula is C17H22FN5O2. The van der Waals surface area contributed by atoms with Gasteiger partial charge in [0, 0.05) is 32.0 Å². The van der Waals surface area contributed by atoms with E-state index in [0.717, 1.165) is 0 Å². The lowest BCUT2D eigenvalue weighted by molar-refractivity contribution is 0.197. The van der Waals surface area contributed by atoms with Gasteiger partial charge in [0.2, 0.25) is 5.95 Å². The molecular weight excluding hydrogens is 325 g/mol. The van der Waals surface area contributed by atoms with Crippen molar-refractivity contribution < 1.29 is 13.9 Å². The molecule has 8 heteroatoms. The number of hydrogen-bond donors (Lipinski definition) is 2. The summed E-state index contributed by atoms with van der Waals surface area (Å²) in [5.74, 6) is 0.400. The predicted molar refractivity (Wildman–Crippen MR) is 94.6 cm³/mol. The molecule has 0 unspecified atom stereocenters. The summed E-state index contributed by atoms with van der Waals surface area (Å²) in [6.45, 7) is 4.65. The summed E-state index contributed by atoms with van der Waals surface area (Å²) in [6.07, 6.45) is 1.56. The van der Waals surface area contributed by atoms with Crippen molar-refractivity contribution >= 4 is 23.5 Å². The van der Waals surface area contributed by atoms with Crippen LogP contribution in [-0.4, -0.2) is 42.3 Å². The molecule has 1 aromatic carbocycles. The Labute approximate surface area is 146 Å². The molecule has 134 valence electrons. The first kappa shape index (κ1) is 18.6. The molecule has 2 N–H and O–H groups in total. The molecule has 7 nitrogen and oxygen atoms in total. The molecule has 1 aromatic heterocycles. The minimum Gasteiger partial charge on any atom is -0.383 e. The van der Waals surface area contributed by atoms with E-state index < -0.39 is 6.03 Å². The molecule has 2 amide bonds. The zero-order valence-corrected chi connectivity index (χ0v) is 14.5. The van der Waals surface area contributed by atoms with Crippen LogP contribution in [0.1, 0.15) is 13.8 Å². The van der Waals surface area contributed by atoms with E-state index in [1.165, 1.54) is 29.2 Å². The van der Waals surface area contributed by atoms with Crippen LogP contribution in [0.15, 0.2) is 36.5 Å². The highest BCUT2D eigenvalue weighted by Crippen LogP contribution is 2.24. The van der Waals surface area contributed by atoms with Crippen LogP contribution in [0.2, 0.25) is 0 Å². The van der Waals surface area contributed by atoms with E-state index >= 15 is 0 Å². The van der Waals surface area contributed by atoms with E-state index in [2.05, 4.69) is 20.6 Å². The van der Waals surface area contributed by atoms with Crippen LogP contribution in [0.3, 0.4) is 0 Å². The second-order valence-corrected chi connectivity index (χ2v) is 5.57. The van der Waals surface area contributed by atoms with E-state index in [9.17, 15) is 9.18 Å². The molecule has 2 rings (SSSR count). The van der Waals surface area contributed by atoms with Crippen LogP contribution in [0.25, 0.3) is 0 Å². The number of rotatable bonds is 7. The van der Waals surface area contributed by atoms with Crippen LogP contribution in [0.4, 0.5) is 26.6 Å². The average Bonchev–Trinajstić information content (AvgIpc) is 2.57. The summed E-state index contributed by atoms with van der Waals surface area (Å²) >= 11 is 0. The number of anilines is 3. The largest absolute Gasteiger partial charge is 0.383 e. The molecule has 1 heterocycles. The molecule has 0 spiro atoms. The first-order valence-corrected chi connectivity index (χ1v) is 7.93. The third-order valence-corrected chi connectivity index (χ3v) is 3.16. The Balaban J connectivity index is 2.33. The van der Waals surface area contributed by atoms with Gasteiger partial charge in [-0.15, -0.1) is 0 Å². The van der Waals surface area contributed by atoms with Crippen molar-refractivity contribution in [1.82, 2.24) is 15.3 Å². The van der Waals surface area contributed by atoms with Crippen molar-refractivity contribution in [2.75, 3.05) is 30.5 Å². The van der Waals surface area contributed by atoms with Crippen LogP contribution in [0, 0.1) is 5.82 Å². The minimum absolute atomic E-state index is 0.144. The topological polar surface area (TPSA) is 79.4 Å². The number of hydrogen-bond acceptors (Lipinski definition) is 5. The fraction of sp³-hybridized carbons (Fsp3) is 0.353. The Kier molecular flexibility index (Phi) is 6.64. The summed E-state index contributed by atoms with van der Waals surface area (Å²) in [7, 11) is 1.55. The van der Waals surface area contributed by atoms with E-state index in [4.69, 9.17) is 4.74 Å². The summed E-state index contributed by atoms with van der Waals surface area (Å²) in [5.41, 5.74) is 0.491. The van der Waals surface area contributed by atoms with E-state index in [-0.39, 0.29) is 11.9 Å². The second kappa shape index (κ2) is 8.93. The average molecular weight is 347 g/mol. The Bertz CT molecular complexity index is 694. The normalized spacial score (nSPS) is 10.6. The van der Waals surface area contributed by atoms with Gasteiger partial charge in [0.05, 0.1) is 12.3 Å². The van der Waals surface area contributed by atoms with Gasteiger partial charge in [-0.05, 0) is 38.1 Å². The van der Waals surface area contributed by atoms with Crippen LogP contribution in [0.5, 0.6) is 0 Å². The number of amides is 2. The van der Waals surface area contributed by atoms with Gasteiger partial charge in [0.1, 0.15) is 11.6 Å². The van der Waals surface area contributed by atoms with Gasteiger partial charge in [-0.2, -0.15) is 4.98 Å². The van der Waals surface area contributed by atoms with Crippen molar-refractivity contribution in [2.24, 2.45) is 0 Å². The van der Waals surface area contributed by atoms with Crippen LogP contribution in [-0.2, 0) is 4.74 Å². The molecule has 0 atom stereocenters. The maximum Gasteiger partial charge on any atom is 0.327 e. The van der Waals surface area contributed by atoms with Crippen molar-refractivity contribution in [2.45, 2.75) is 19.9 Å². The molecule has 0 aliphatic carbocycles. The molecule has 0 aliphatic heterocycles. The van der Waals surface area contributed by atoms with Gasteiger partial charge in [-0.1, -0.05) is 0 Å². The maximum absolute atomic E-state index is 13.2. The molecule has 25 heavy (non-hydrogen) atoms. The zero-order chi connectivity index (χ0) is 18.2. The van der Waals surface area contributed by atoms with Crippen molar-refractivity contribution in [3.8, 4) is 0 Å². The monoisotopic (exact) mass is 347 g/mol. The second-order valence-electron chi connectivity index (χ2n) is 5.57. The standard InChI is InChI=1S/C17H22FN5O2/c1-12(2)21-16-19-9-8-15(22-16)23(17(24)20-10-11-25-3)14-6-4-13(18)5-7-14/h4-9,12H,10-11H2,1-3H3,(H,20,24)(H,19,21,22). The summed E-state index contributed by atoms with van der Waals surface area (Å²) in [4.78, 5) is 22.5. The van der Waals surface area contributed by atoms with Gasteiger partial charge in [-0.25, -0.2) is 19.1 Å². The predicted octanol–water partition coefficient (Wildman–Crippen LogP) is 2.93. The first-order chi connectivity index (χ1) is 12.0. The van der Waals surface area contributed by atoms with Gasteiger partial charge in [0.25, 0.3) is 0 Å². The first-order valence-electron chi connectivity index (χ1n) is 7.93. The number of nitrogens with one attached hydrogen (secondary N) is 2. The molecule has 0 fully saturated rings. The summed E-state index contributed by atoms with van der Waals surface area (Å²) in [5, 5.41) is 5.83. The summed E-state index contributed by atoms with van der Waals surface area (Å²) in [6, 6.07) is 6.98. The van der Waals surface area contributed by atoms with Gasteiger partial charge in [-0.3, -0.25) is 0 Å². The fourth-order valence-corrected chi connectivity index (χ4v) is 2.08. The quantitative estimate of drug-likeness (QED) is 0.753. The highest BCUT2D eigenvalue weighted by Gasteiger charge is 2.20. The van der Waals surface area contributed by atoms with E-state index in [1.54, 1.807) is 19.4 Å². The number of carbonyl (C=O) groups is 1. The summed E-state index contributed by atoms with van der Waals surface area (Å²) < 4.78 is 18.2. The molecule has 0 bridgehead atoms. The van der Waals surface area contributed by atoms with Crippen molar-refractivity contribution in [3.05, 3.63) is 42.3 Å². The van der Waals surface area contributed by atoms with Gasteiger partial charge < -0.3 is 15.4 Å². The Morgan fingerprint density at radius 1 is 1.28 bits per heavy atom. The highest BCUT2D eigenvalue weighted by molar-refractivity contribution is 5.98. The smallest absolute Gasteiger partial charge is 0.327 e. The molecule has 0 radical (unpaired) electrons. The molecule has 0 saturated carbocycles. The SMILES string of the molecule is COCCNC(=O)N(c1ccc(F)cc1)c1ccnc(NC(C)C)n1. The lowest BCUT2D eigenvalue weighted by Crippen LogP contribution is -2.39. The number of aromatic nitrogens is 2. The van der Waals surface area contributed by atoms with Gasteiger partial charge >= 0.3 is 6.03 Å². The van der Waals surface area contributed by atoms with Crippen LogP contribution < -0.4 is 15.5 Å². The number of ether oxygens (including phenoxy) is 1. The number of benzene rings is 1. The Hall–Kier alpha value is -2.74. The van der Waals surface area contributed by atoms with Gasteiger partial charge in [0.15, 0.2) is 0 Å². The number of nitrogens with zero attached hydrogens (tertiary/aromatic N) is 3. The van der Waals surface area contributed by atoms with Crippen LogP contribution >= 0.6 is 0 Å². The maximum atomic E-state index is 13.2. The zero-order valence-electron chi connectivity index (χ0n) is 14.5. The highest BCUT2D eigenvalue weighted by atomic mass is 19.1. The third kappa shape index (κ3) is 5.39. The number of carbonyl (C=O) groups excluding carboxylic acids is 1. The third-order valence-electron chi connectivity index (χ3n) is 3.16. The molecule has 0 saturated heterocycles. The lowest BCUT2D eigenvalue weighted by atomic mass is 10.3. The number of halogens is 1. The Morgan fingerprint density at radius 2 is 2.00 bits per heavy atom. The Morgan fingerprint density at radius 3 is 2.64 bits per heavy atom. The fourth-order valence-electron chi connectivity index (χ4n) is 2.08. The van der Waals surface area contributed by atoms with E-state index in [1.807, 2.05) is 13.8 Å². The van der Waals surface area contributed by atoms with E-state index in [0.29, 0.717) is 30.6 Å². The number of urea groups is 1. The van der Waals surface area contributed by atoms with Crippen molar-refractivity contribution in [3.63, 3.8) is 0 Å². The lowest BCUT2D eigenvalue weighted by Gasteiger charge is -2.23. The van der Waals surface area contributed by atoms with Crippen molar-refractivity contribution in [1.29, 1.82) is 0 Å².